The van der Waals surface area contributed by atoms with Gasteiger partial charge in [-0.15, -0.1) is 0 Å². The summed E-state index contributed by atoms with van der Waals surface area (Å²) in [6.07, 6.45) is 1.92. The van der Waals surface area contributed by atoms with E-state index in [4.69, 9.17) is 11.6 Å². The number of halogens is 2. The van der Waals surface area contributed by atoms with Crippen LogP contribution in [0.25, 0.3) is 0 Å². The second-order valence-electron chi connectivity index (χ2n) is 4.24. The molecule has 2 rings (SSSR count). The van der Waals surface area contributed by atoms with Crippen LogP contribution in [-0.2, 0) is 11.3 Å². The molecule has 1 amide bonds. The van der Waals surface area contributed by atoms with Gasteiger partial charge in [0.25, 0.3) is 0 Å². The van der Waals surface area contributed by atoms with Crippen molar-refractivity contribution in [2.75, 3.05) is 7.05 Å². The summed E-state index contributed by atoms with van der Waals surface area (Å²) in [4.78, 5) is 11.6. The van der Waals surface area contributed by atoms with Crippen molar-refractivity contribution in [3.63, 3.8) is 0 Å². The molecular weight excluding hydrogens is 243 g/mol. The van der Waals surface area contributed by atoms with Crippen molar-refractivity contribution in [1.82, 2.24) is 10.4 Å². The van der Waals surface area contributed by atoms with Crippen LogP contribution < -0.4 is 5.43 Å². The Balaban J connectivity index is 1.90. The molecule has 0 radical (unpaired) electrons. The quantitative estimate of drug-likeness (QED) is 0.839. The zero-order valence-electron chi connectivity index (χ0n) is 9.54. The molecule has 1 aliphatic carbocycles. The highest BCUT2D eigenvalue weighted by molar-refractivity contribution is 6.30. The average molecular weight is 257 g/mol. The van der Waals surface area contributed by atoms with Crippen LogP contribution in [-0.4, -0.2) is 18.0 Å². The van der Waals surface area contributed by atoms with Crippen molar-refractivity contribution < 1.29 is 9.18 Å². The number of hydrogen-bond acceptors (Lipinski definition) is 2. The van der Waals surface area contributed by atoms with Gasteiger partial charge in [0.2, 0.25) is 5.91 Å². The summed E-state index contributed by atoms with van der Waals surface area (Å²) in [6, 6.07) is 4.51. The molecule has 0 unspecified atom stereocenters. The minimum atomic E-state index is -0.364. The number of hydrogen-bond donors (Lipinski definition) is 1. The number of amides is 1. The highest BCUT2D eigenvalue weighted by Crippen LogP contribution is 2.30. The lowest BCUT2D eigenvalue weighted by Gasteiger charge is -2.18. The van der Waals surface area contributed by atoms with Gasteiger partial charge >= 0.3 is 0 Å². The first-order valence-electron chi connectivity index (χ1n) is 5.53. The number of carbonyl (C=O) groups excluding carboxylic acids is 1. The molecule has 0 heterocycles. The van der Waals surface area contributed by atoms with Crippen LogP contribution in [0.3, 0.4) is 0 Å². The molecular formula is C12H14ClFN2O. The number of nitrogens with one attached hydrogen (secondary N) is 1. The van der Waals surface area contributed by atoms with Gasteiger partial charge < -0.3 is 0 Å². The summed E-state index contributed by atoms with van der Waals surface area (Å²) < 4.78 is 13.4. The molecule has 92 valence electrons. The van der Waals surface area contributed by atoms with Crippen LogP contribution in [0.15, 0.2) is 18.2 Å². The molecule has 0 aliphatic heterocycles. The van der Waals surface area contributed by atoms with E-state index in [0.29, 0.717) is 10.6 Å². The van der Waals surface area contributed by atoms with Crippen LogP contribution in [0.2, 0.25) is 5.02 Å². The molecule has 3 nitrogen and oxygen atoms in total. The Morgan fingerprint density at radius 2 is 2.29 bits per heavy atom. The van der Waals surface area contributed by atoms with Crippen molar-refractivity contribution >= 4 is 17.5 Å². The van der Waals surface area contributed by atoms with Crippen molar-refractivity contribution in [3.05, 3.63) is 34.6 Å². The average Bonchev–Trinajstić information content (AvgIpc) is 3.10. The molecule has 5 heteroatoms. The molecule has 0 atom stereocenters. The first kappa shape index (κ1) is 12.3. The number of nitrogens with zero attached hydrogens (tertiary/aromatic N) is 1. The minimum Gasteiger partial charge on any atom is -0.281 e. The van der Waals surface area contributed by atoms with E-state index in [9.17, 15) is 9.18 Å². The van der Waals surface area contributed by atoms with Gasteiger partial charge in [0.1, 0.15) is 5.82 Å². The number of rotatable bonds is 4. The predicted molar refractivity (Wildman–Crippen MR) is 63.7 cm³/mol. The summed E-state index contributed by atoms with van der Waals surface area (Å²) >= 11 is 5.65. The fourth-order valence-electron chi connectivity index (χ4n) is 1.55. The summed E-state index contributed by atoms with van der Waals surface area (Å²) in [7, 11) is 1.66. The normalized spacial score (nSPS) is 14.8. The third kappa shape index (κ3) is 3.17. The molecule has 1 aliphatic rings. The standard InChI is InChI=1S/C12H14ClFN2O/c1-16(12(17)8-2-3-8)15-7-9-4-5-10(13)6-11(9)14/h4-6,8,15H,2-3,7H2,1H3. The summed E-state index contributed by atoms with van der Waals surface area (Å²) in [6.45, 7) is 0.276. The highest BCUT2D eigenvalue weighted by atomic mass is 35.5. The Hall–Kier alpha value is -1.13. The van der Waals surface area contributed by atoms with Crippen molar-refractivity contribution in [2.24, 2.45) is 5.92 Å². The Morgan fingerprint density at radius 3 is 2.88 bits per heavy atom. The largest absolute Gasteiger partial charge is 0.281 e. The van der Waals surface area contributed by atoms with Crippen molar-refractivity contribution in [3.8, 4) is 0 Å². The minimum absolute atomic E-state index is 0.0689. The van der Waals surface area contributed by atoms with E-state index in [1.165, 1.54) is 11.1 Å². The van der Waals surface area contributed by atoms with Gasteiger partial charge in [0.05, 0.1) is 0 Å². The van der Waals surface area contributed by atoms with Crippen LogP contribution in [0, 0.1) is 11.7 Å². The highest BCUT2D eigenvalue weighted by Gasteiger charge is 2.32. The first-order chi connectivity index (χ1) is 8.08. The lowest BCUT2D eigenvalue weighted by atomic mass is 10.2. The maximum absolute atomic E-state index is 13.4. The van der Waals surface area contributed by atoms with Gasteiger partial charge in [0, 0.05) is 30.1 Å². The SMILES string of the molecule is CN(NCc1ccc(Cl)cc1F)C(=O)C1CC1. The van der Waals surface area contributed by atoms with Gasteiger partial charge in [0.15, 0.2) is 0 Å². The van der Waals surface area contributed by atoms with Crippen molar-refractivity contribution in [1.29, 1.82) is 0 Å². The Labute approximate surface area is 105 Å². The van der Waals surface area contributed by atoms with Gasteiger partial charge in [-0.05, 0) is 25.0 Å². The molecule has 1 saturated carbocycles. The molecule has 1 aromatic carbocycles. The fraction of sp³-hybridized carbons (Fsp3) is 0.417. The second kappa shape index (κ2) is 5.02. The van der Waals surface area contributed by atoms with Crippen LogP contribution in [0.4, 0.5) is 4.39 Å². The van der Waals surface area contributed by atoms with Crippen LogP contribution in [0.1, 0.15) is 18.4 Å². The molecule has 1 N–H and O–H groups in total. The van der Waals surface area contributed by atoms with Gasteiger partial charge in [-0.1, -0.05) is 17.7 Å². The number of benzene rings is 1. The molecule has 1 fully saturated rings. The zero-order chi connectivity index (χ0) is 12.4. The van der Waals surface area contributed by atoms with Crippen molar-refractivity contribution in [2.45, 2.75) is 19.4 Å². The van der Waals surface area contributed by atoms with E-state index in [2.05, 4.69) is 5.43 Å². The van der Waals surface area contributed by atoms with Crippen LogP contribution in [0.5, 0.6) is 0 Å². The van der Waals surface area contributed by atoms with Gasteiger partial charge in [-0.25, -0.2) is 9.82 Å². The smallest absolute Gasteiger partial charge is 0.239 e. The van der Waals surface area contributed by atoms with E-state index >= 15 is 0 Å². The molecule has 0 bridgehead atoms. The topological polar surface area (TPSA) is 32.3 Å². The maximum atomic E-state index is 13.4. The summed E-state index contributed by atoms with van der Waals surface area (Å²) in [5.41, 5.74) is 3.37. The van der Waals surface area contributed by atoms with E-state index in [-0.39, 0.29) is 24.2 Å². The van der Waals surface area contributed by atoms with E-state index in [1.807, 2.05) is 0 Å². The monoisotopic (exact) mass is 256 g/mol. The number of hydrazine groups is 1. The number of carbonyl (C=O) groups is 1. The van der Waals surface area contributed by atoms with E-state index in [0.717, 1.165) is 12.8 Å². The Kier molecular flexibility index (Phi) is 3.64. The molecule has 1 aromatic rings. The van der Waals surface area contributed by atoms with Gasteiger partial charge in [-0.3, -0.25) is 9.80 Å². The second-order valence-corrected chi connectivity index (χ2v) is 4.68. The Bertz CT molecular complexity index is 435. The van der Waals surface area contributed by atoms with E-state index < -0.39 is 0 Å². The maximum Gasteiger partial charge on any atom is 0.239 e. The van der Waals surface area contributed by atoms with Crippen LogP contribution >= 0.6 is 11.6 Å². The zero-order valence-corrected chi connectivity index (χ0v) is 10.3. The lowest BCUT2D eigenvalue weighted by molar-refractivity contribution is -0.134. The third-order valence-corrected chi connectivity index (χ3v) is 3.01. The summed E-state index contributed by atoms with van der Waals surface area (Å²) in [5, 5.41) is 1.81. The first-order valence-corrected chi connectivity index (χ1v) is 5.90. The fourth-order valence-corrected chi connectivity index (χ4v) is 1.71. The summed E-state index contributed by atoms with van der Waals surface area (Å²) in [5.74, 6) is -0.140. The third-order valence-electron chi connectivity index (χ3n) is 2.78. The predicted octanol–water partition coefficient (Wildman–Crippen LogP) is 2.35. The molecule has 0 spiro atoms. The van der Waals surface area contributed by atoms with E-state index in [1.54, 1.807) is 19.2 Å². The van der Waals surface area contributed by atoms with Gasteiger partial charge in [-0.2, -0.15) is 0 Å². The molecule has 0 saturated heterocycles. The lowest BCUT2D eigenvalue weighted by Crippen LogP contribution is -2.40. The Morgan fingerprint density at radius 1 is 1.59 bits per heavy atom. The molecule has 0 aromatic heterocycles. The molecule has 17 heavy (non-hydrogen) atoms.